The summed E-state index contributed by atoms with van der Waals surface area (Å²) in [6.07, 6.45) is 2.03. The van der Waals surface area contributed by atoms with Gasteiger partial charge in [-0.05, 0) is 25.0 Å². The summed E-state index contributed by atoms with van der Waals surface area (Å²) in [6.45, 7) is 6.22. The van der Waals surface area contributed by atoms with Crippen LogP contribution >= 0.6 is 0 Å². The van der Waals surface area contributed by atoms with Crippen molar-refractivity contribution in [2.24, 2.45) is 5.92 Å². The van der Waals surface area contributed by atoms with Gasteiger partial charge in [-0.2, -0.15) is 0 Å². The van der Waals surface area contributed by atoms with Crippen molar-refractivity contribution >= 4 is 17.3 Å². The highest BCUT2D eigenvalue weighted by Gasteiger charge is 2.21. The molecular formula is C14H20N2O4. The van der Waals surface area contributed by atoms with Gasteiger partial charge in [-0.1, -0.05) is 26.7 Å². The molecule has 0 spiro atoms. The Morgan fingerprint density at radius 3 is 2.45 bits per heavy atom. The van der Waals surface area contributed by atoms with E-state index >= 15 is 0 Å². The largest absolute Gasteiger partial charge is 0.477 e. The minimum atomic E-state index is -1.30. The highest BCUT2D eigenvalue weighted by Crippen LogP contribution is 2.25. The van der Waals surface area contributed by atoms with Crippen LogP contribution in [0.2, 0.25) is 0 Å². The number of aromatic carboxylic acids is 1. The third-order valence-corrected chi connectivity index (χ3v) is 3.58. The smallest absolute Gasteiger partial charge is 0.342 e. The lowest BCUT2D eigenvalue weighted by molar-refractivity contribution is -0.385. The standard InChI is InChI=1S/C14H20N2O4/c1-4-10(5-2)9(3)15-11-6-7-12(14(17)18)13(8-11)16(19)20/h6-10,15H,4-5H2,1-3H3,(H,17,18). The summed E-state index contributed by atoms with van der Waals surface area (Å²) in [5.74, 6) is -0.829. The predicted octanol–water partition coefficient (Wildman–Crippen LogP) is 3.53. The summed E-state index contributed by atoms with van der Waals surface area (Å²) in [7, 11) is 0. The second-order valence-corrected chi connectivity index (χ2v) is 4.80. The number of rotatable bonds is 7. The molecule has 0 bridgehead atoms. The van der Waals surface area contributed by atoms with Crippen LogP contribution in [0.25, 0.3) is 0 Å². The Balaban J connectivity index is 3.01. The molecule has 1 aromatic carbocycles. The minimum Gasteiger partial charge on any atom is -0.477 e. The van der Waals surface area contributed by atoms with Crippen LogP contribution in [0, 0.1) is 16.0 Å². The van der Waals surface area contributed by atoms with E-state index in [0.717, 1.165) is 12.8 Å². The summed E-state index contributed by atoms with van der Waals surface area (Å²) >= 11 is 0. The highest BCUT2D eigenvalue weighted by atomic mass is 16.6. The number of carboxylic acids is 1. The average molecular weight is 280 g/mol. The predicted molar refractivity (Wildman–Crippen MR) is 77.2 cm³/mol. The normalized spacial score (nSPS) is 12.2. The third kappa shape index (κ3) is 3.69. The molecule has 0 radical (unpaired) electrons. The molecule has 0 fully saturated rings. The molecule has 20 heavy (non-hydrogen) atoms. The molecule has 0 amide bonds. The molecule has 6 nitrogen and oxygen atoms in total. The molecule has 2 N–H and O–H groups in total. The number of carbonyl (C=O) groups is 1. The lowest BCUT2D eigenvalue weighted by Gasteiger charge is -2.23. The topological polar surface area (TPSA) is 92.5 Å². The van der Waals surface area contributed by atoms with Gasteiger partial charge >= 0.3 is 5.97 Å². The van der Waals surface area contributed by atoms with Crippen molar-refractivity contribution in [2.45, 2.75) is 39.7 Å². The van der Waals surface area contributed by atoms with Crippen molar-refractivity contribution in [3.8, 4) is 0 Å². The highest BCUT2D eigenvalue weighted by molar-refractivity contribution is 5.93. The zero-order valence-corrected chi connectivity index (χ0v) is 11.9. The lowest BCUT2D eigenvalue weighted by Crippen LogP contribution is -2.25. The van der Waals surface area contributed by atoms with Crippen LogP contribution in [-0.4, -0.2) is 22.0 Å². The molecule has 0 aliphatic rings. The Morgan fingerprint density at radius 1 is 1.40 bits per heavy atom. The molecule has 0 aromatic heterocycles. The van der Waals surface area contributed by atoms with Gasteiger partial charge in [0.2, 0.25) is 0 Å². The van der Waals surface area contributed by atoms with E-state index < -0.39 is 10.9 Å². The number of carboxylic acid groups (broad SMARTS) is 1. The number of hydrogen-bond donors (Lipinski definition) is 2. The number of anilines is 1. The van der Waals surface area contributed by atoms with E-state index in [4.69, 9.17) is 5.11 Å². The molecule has 6 heteroatoms. The minimum absolute atomic E-state index is 0.167. The van der Waals surface area contributed by atoms with Gasteiger partial charge in [0.25, 0.3) is 5.69 Å². The zero-order valence-electron chi connectivity index (χ0n) is 11.9. The lowest BCUT2D eigenvalue weighted by atomic mass is 9.95. The summed E-state index contributed by atoms with van der Waals surface area (Å²) in [5.41, 5.74) is -0.115. The zero-order chi connectivity index (χ0) is 15.3. The number of nitrogens with one attached hydrogen (secondary N) is 1. The Morgan fingerprint density at radius 2 is 2.00 bits per heavy atom. The molecule has 1 rings (SSSR count). The Bertz CT molecular complexity index is 498. The molecule has 1 atom stereocenters. The van der Waals surface area contributed by atoms with Crippen LogP contribution in [0.15, 0.2) is 18.2 Å². The van der Waals surface area contributed by atoms with Gasteiger partial charge in [0.15, 0.2) is 0 Å². The first-order valence-corrected chi connectivity index (χ1v) is 6.68. The van der Waals surface area contributed by atoms with Crippen molar-refractivity contribution in [1.29, 1.82) is 0 Å². The van der Waals surface area contributed by atoms with Gasteiger partial charge < -0.3 is 10.4 Å². The molecule has 0 saturated heterocycles. The number of nitro groups is 1. The van der Waals surface area contributed by atoms with Gasteiger partial charge in [-0.3, -0.25) is 10.1 Å². The maximum absolute atomic E-state index is 10.9. The van der Waals surface area contributed by atoms with Crippen LogP contribution in [0.5, 0.6) is 0 Å². The molecule has 110 valence electrons. The first-order valence-electron chi connectivity index (χ1n) is 6.68. The van der Waals surface area contributed by atoms with Crippen LogP contribution in [-0.2, 0) is 0 Å². The summed E-state index contributed by atoms with van der Waals surface area (Å²) in [6, 6.07) is 4.28. The van der Waals surface area contributed by atoms with E-state index in [9.17, 15) is 14.9 Å². The number of hydrogen-bond acceptors (Lipinski definition) is 4. The quantitative estimate of drug-likeness (QED) is 0.588. The second kappa shape index (κ2) is 6.88. The fraction of sp³-hybridized carbons (Fsp3) is 0.500. The van der Waals surface area contributed by atoms with Gasteiger partial charge in [0.05, 0.1) is 4.92 Å². The van der Waals surface area contributed by atoms with E-state index in [2.05, 4.69) is 19.2 Å². The van der Waals surface area contributed by atoms with Crippen LogP contribution < -0.4 is 5.32 Å². The van der Waals surface area contributed by atoms with E-state index in [1.165, 1.54) is 12.1 Å². The van der Waals surface area contributed by atoms with E-state index in [0.29, 0.717) is 11.6 Å². The maximum atomic E-state index is 10.9. The maximum Gasteiger partial charge on any atom is 0.342 e. The van der Waals surface area contributed by atoms with Crippen molar-refractivity contribution in [3.63, 3.8) is 0 Å². The summed E-state index contributed by atoms with van der Waals surface area (Å²) in [5, 5.41) is 23.1. The molecule has 0 heterocycles. The fourth-order valence-corrected chi connectivity index (χ4v) is 2.33. The van der Waals surface area contributed by atoms with Gasteiger partial charge in [-0.15, -0.1) is 0 Å². The van der Waals surface area contributed by atoms with Gasteiger partial charge in [0, 0.05) is 17.8 Å². The first-order chi connectivity index (χ1) is 9.40. The van der Waals surface area contributed by atoms with Crippen molar-refractivity contribution in [1.82, 2.24) is 0 Å². The molecule has 1 aromatic rings. The molecular weight excluding hydrogens is 260 g/mol. The monoisotopic (exact) mass is 280 g/mol. The van der Waals surface area contributed by atoms with Crippen LogP contribution in [0.4, 0.5) is 11.4 Å². The number of nitro benzene ring substituents is 1. The van der Waals surface area contributed by atoms with Crippen molar-refractivity contribution in [2.75, 3.05) is 5.32 Å². The van der Waals surface area contributed by atoms with E-state index in [1.54, 1.807) is 6.07 Å². The summed E-state index contributed by atoms with van der Waals surface area (Å²) in [4.78, 5) is 21.2. The van der Waals surface area contributed by atoms with Gasteiger partial charge in [-0.25, -0.2) is 4.79 Å². The van der Waals surface area contributed by atoms with E-state index in [-0.39, 0.29) is 17.3 Å². The summed E-state index contributed by atoms with van der Waals surface area (Å²) < 4.78 is 0. The SMILES string of the molecule is CCC(CC)C(C)Nc1ccc(C(=O)O)c([N+](=O)[O-])c1. The number of benzene rings is 1. The average Bonchev–Trinajstić information content (AvgIpc) is 2.39. The first kappa shape index (κ1) is 15.9. The van der Waals surface area contributed by atoms with Crippen molar-refractivity contribution < 1.29 is 14.8 Å². The van der Waals surface area contributed by atoms with Crippen LogP contribution in [0.3, 0.4) is 0 Å². The molecule has 0 saturated carbocycles. The van der Waals surface area contributed by atoms with Crippen LogP contribution in [0.1, 0.15) is 44.0 Å². The third-order valence-electron chi connectivity index (χ3n) is 3.58. The molecule has 0 aliphatic heterocycles. The molecule has 0 aliphatic carbocycles. The molecule has 1 unspecified atom stereocenters. The number of nitrogens with zero attached hydrogens (tertiary/aromatic N) is 1. The second-order valence-electron chi connectivity index (χ2n) is 4.80. The van der Waals surface area contributed by atoms with E-state index in [1.807, 2.05) is 6.92 Å². The van der Waals surface area contributed by atoms with Gasteiger partial charge in [0.1, 0.15) is 5.56 Å². The fourth-order valence-electron chi connectivity index (χ4n) is 2.33. The Hall–Kier alpha value is -2.11. The van der Waals surface area contributed by atoms with Crippen molar-refractivity contribution in [3.05, 3.63) is 33.9 Å². The Kier molecular flexibility index (Phi) is 5.49. The Labute approximate surface area is 118 Å².